The minimum absolute atomic E-state index is 0.0447. The number of amides is 1. The van der Waals surface area contributed by atoms with Crippen LogP contribution >= 0.6 is 23.3 Å². The maximum Gasteiger partial charge on any atom is 0.230 e. The number of carbonyl (C=O) groups excluding carboxylic acids is 1. The van der Waals surface area contributed by atoms with Crippen LogP contribution in [0, 0.1) is 0 Å². The Kier molecular flexibility index (Phi) is 5.35. The number of nitrogens with zero attached hydrogens (tertiary/aromatic N) is 2. The van der Waals surface area contributed by atoms with Gasteiger partial charge in [-0.25, -0.2) is 4.98 Å². The number of carbonyl (C=O) groups is 1. The van der Waals surface area contributed by atoms with Crippen LogP contribution in [0.3, 0.4) is 0 Å². The van der Waals surface area contributed by atoms with E-state index < -0.39 is 0 Å². The Labute approximate surface area is 120 Å². The molecule has 0 bridgehead atoms. The van der Waals surface area contributed by atoms with E-state index in [1.165, 1.54) is 23.3 Å². The highest BCUT2D eigenvalue weighted by molar-refractivity contribution is 8.01. The Hall–Kier alpha value is -1.40. The van der Waals surface area contributed by atoms with Crippen molar-refractivity contribution in [2.45, 2.75) is 17.7 Å². The molecule has 1 heterocycles. The molecule has 0 unspecified atom stereocenters. The lowest BCUT2D eigenvalue weighted by atomic mass is 10.2. The van der Waals surface area contributed by atoms with Crippen molar-refractivity contribution in [3.8, 4) is 11.4 Å². The Morgan fingerprint density at radius 3 is 2.89 bits per heavy atom. The molecule has 0 aliphatic rings. The molecule has 0 aliphatic carbocycles. The monoisotopic (exact) mass is 293 g/mol. The van der Waals surface area contributed by atoms with Crippen molar-refractivity contribution in [1.29, 1.82) is 0 Å². The number of nitrogens with one attached hydrogen (secondary N) is 1. The second-order valence-corrected chi connectivity index (χ2v) is 5.86. The van der Waals surface area contributed by atoms with Gasteiger partial charge in [-0.3, -0.25) is 4.79 Å². The van der Waals surface area contributed by atoms with Crippen LogP contribution in [0.2, 0.25) is 0 Å². The van der Waals surface area contributed by atoms with Crippen LogP contribution in [-0.4, -0.2) is 27.6 Å². The van der Waals surface area contributed by atoms with E-state index in [4.69, 9.17) is 0 Å². The molecule has 0 atom stereocenters. The maximum atomic E-state index is 11.5. The van der Waals surface area contributed by atoms with Crippen molar-refractivity contribution in [3.63, 3.8) is 0 Å². The molecule has 0 saturated carbocycles. The third-order valence-corrected chi connectivity index (χ3v) is 4.17. The van der Waals surface area contributed by atoms with Gasteiger partial charge < -0.3 is 5.32 Å². The van der Waals surface area contributed by atoms with Gasteiger partial charge in [-0.1, -0.05) is 49.0 Å². The van der Waals surface area contributed by atoms with Gasteiger partial charge in [-0.05, 0) is 18.0 Å². The number of benzene rings is 1. The fourth-order valence-corrected chi connectivity index (χ4v) is 2.86. The summed E-state index contributed by atoms with van der Waals surface area (Å²) in [7, 11) is 0. The van der Waals surface area contributed by atoms with Crippen LogP contribution in [-0.2, 0) is 4.79 Å². The first kappa shape index (κ1) is 14.0. The highest BCUT2D eigenvalue weighted by atomic mass is 32.2. The molecule has 0 aliphatic heterocycles. The molecule has 0 fully saturated rings. The van der Waals surface area contributed by atoms with Crippen molar-refractivity contribution < 1.29 is 4.79 Å². The first-order chi connectivity index (χ1) is 9.29. The van der Waals surface area contributed by atoms with E-state index in [-0.39, 0.29) is 5.91 Å². The average Bonchev–Trinajstić information content (AvgIpc) is 2.93. The minimum Gasteiger partial charge on any atom is -0.355 e. The molecule has 1 amide bonds. The van der Waals surface area contributed by atoms with Gasteiger partial charge in [0.25, 0.3) is 0 Å². The molecular formula is C13H15N3OS2. The molecule has 0 radical (unpaired) electrons. The van der Waals surface area contributed by atoms with Gasteiger partial charge in [0, 0.05) is 12.1 Å². The van der Waals surface area contributed by atoms with E-state index in [1.54, 1.807) is 0 Å². The van der Waals surface area contributed by atoms with E-state index >= 15 is 0 Å². The van der Waals surface area contributed by atoms with Gasteiger partial charge in [-0.15, -0.1) is 0 Å². The molecule has 1 N–H and O–H groups in total. The van der Waals surface area contributed by atoms with Gasteiger partial charge in [0.1, 0.15) is 0 Å². The van der Waals surface area contributed by atoms with Crippen LogP contribution < -0.4 is 5.32 Å². The second-order valence-electron chi connectivity index (χ2n) is 3.89. The van der Waals surface area contributed by atoms with Gasteiger partial charge in [0.05, 0.1) is 5.75 Å². The zero-order chi connectivity index (χ0) is 13.5. The number of aromatic nitrogens is 2. The normalized spacial score (nSPS) is 10.4. The highest BCUT2D eigenvalue weighted by Gasteiger charge is 2.08. The van der Waals surface area contributed by atoms with Crippen molar-refractivity contribution in [2.75, 3.05) is 12.3 Å². The average molecular weight is 293 g/mol. The number of hydrogen-bond acceptors (Lipinski definition) is 5. The summed E-state index contributed by atoms with van der Waals surface area (Å²) in [5.74, 6) is 1.16. The van der Waals surface area contributed by atoms with Crippen LogP contribution in [0.5, 0.6) is 0 Å². The summed E-state index contributed by atoms with van der Waals surface area (Å²) in [4.78, 5) is 15.9. The van der Waals surface area contributed by atoms with Gasteiger partial charge >= 0.3 is 0 Å². The molecular weight excluding hydrogens is 278 g/mol. The largest absolute Gasteiger partial charge is 0.355 e. The molecule has 4 nitrogen and oxygen atoms in total. The van der Waals surface area contributed by atoms with Crippen LogP contribution in [0.25, 0.3) is 11.4 Å². The summed E-state index contributed by atoms with van der Waals surface area (Å²) >= 11 is 2.76. The summed E-state index contributed by atoms with van der Waals surface area (Å²) in [5.41, 5.74) is 1.00. The number of thioether (sulfide) groups is 1. The molecule has 1 aromatic carbocycles. The Morgan fingerprint density at radius 1 is 1.37 bits per heavy atom. The summed E-state index contributed by atoms with van der Waals surface area (Å²) < 4.78 is 5.13. The van der Waals surface area contributed by atoms with Crippen molar-refractivity contribution >= 4 is 29.2 Å². The first-order valence-electron chi connectivity index (χ1n) is 6.08. The minimum atomic E-state index is 0.0447. The fraction of sp³-hybridized carbons (Fsp3) is 0.308. The molecule has 2 aromatic rings. The van der Waals surface area contributed by atoms with Crippen LogP contribution in [0.1, 0.15) is 13.3 Å². The van der Waals surface area contributed by atoms with Crippen molar-refractivity contribution in [1.82, 2.24) is 14.7 Å². The highest BCUT2D eigenvalue weighted by Crippen LogP contribution is 2.24. The van der Waals surface area contributed by atoms with Crippen molar-refractivity contribution in [2.24, 2.45) is 0 Å². The van der Waals surface area contributed by atoms with Crippen molar-refractivity contribution in [3.05, 3.63) is 30.3 Å². The smallest absolute Gasteiger partial charge is 0.230 e. The maximum absolute atomic E-state index is 11.5. The topological polar surface area (TPSA) is 54.9 Å². The molecule has 100 valence electrons. The molecule has 0 spiro atoms. The van der Waals surface area contributed by atoms with E-state index in [2.05, 4.69) is 14.7 Å². The zero-order valence-corrected chi connectivity index (χ0v) is 12.3. The zero-order valence-electron chi connectivity index (χ0n) is 10.6. The quantitative estimate of drug-likeness (QED) is 0.832. The lowest BCUT2D eigenvalue weighted by molar-refractivity contribution is -0.118. The molecule has 2 rings (SSSR count). The SMILES string of the molecule is CCCNC(=O)CSc1nc(-c2ccccc2)ns1. The van der Waals surface area contributed by atoms with E-state index in [0.29, 0.717) is 5.75 Å². The summed E-state index contributed by atoms with van der Waals surface area (Å²) in [6.07, 6.45) is 0.952. The lowest BCUT2D eigenvalue weighted by Crippen LogP contribution is -2.25. The van der Waals surface area contributed by atoms with Gasteiger partial charge in [-0.2, -0.15) is 4.37 Å². The second kappa shape index (κ2) is 7.25. The summed E-state index contributed by atoms with van der Waals surface area (Å²) in [6, 6.07) is 9.83. The lowest BCUT2D eigenvalue weighted by Gasteiger charge is -2.00. The molecule has 19 heavy (non-hydrogen) atoms. The van der Waals surface area contributed by atoms with Gasteiger partial charge in [0.2, 0.25) is 5.91 Å². The Balaban J connectivity index is 1.90. The molecule has 6 heteroatoms. The third-order valence-electron chi connectivity index (χ3n) is 2.34. The van der Waals surface area contributed by atoms with Crippen LogP contribution in [0.4, 0.5) is 0 Å². The first-order valence-corrected chi connectivity index (χ1v) is 7.84. The fourth-order valence-electron chi connectivity index (χ4n) is 1.42. The predicted molar refractivity (Wildman–Crippen MR) is 79.4 cm³/mol. The van der Waals surface area contributed by atoms with E-state index in [9.17, 15) is 4.79 Å². The van der Waals surface area contributed by atoms with E-state index in [1.807, 2.05) is 37.3 Å². The van der Waals surface area contributed by atoms with Crippen LogP contribution in [0.15, 0.2) is 34.7 Å². The Morgan fingerprint density at radius 2 is 2.16 bits per heavy atom. The summed E-state index contributed by atoms with van der Waals surface area (Å²) in [5, 5.41) is 2.84. The molecule has 0 saturated heterocycles. The van der Waals surface area contributed by atoms with Gasteiger partial charge in [0.15, 0.2) is 10.2 Å². The summed E-state index contributed by atoms with van der Waals surface area (Å²) in [6.45, 7) is 2.76. The van der Waals surface area contributed by atoms with E-state index in [0.717, 1.165) is 28.7 Å². The molecule has 1 aromatic heterocycles. The third kappa shape index (κ3) is 4.33. The Bertz CT molecular complexity index is 528. The predicted octanol–water partition coefficient (Wildman–Crippen LogP) is 2.82. The standard InChI is InChI=1S/C13H15N3OS2/c1-2-8-14-11(17)9-18-13-15-12(16-19-13)10-6-4-3-5-7-10/h3-7H,2,8-9H2,1H3,(H,14,17). The number of hydrogen-bond donors (Lipinski definition) is 1. The number of rotatable bonds is 6.